The molecule has 1 amide bonds. The third-order valence-corrected chi connectivity index (χ3v) is 6.66. The molecule has 218 valence electrons. The Kier molecular flexibility index (Phi) is 8.49. The minimum Gasteiger partial charge on any atom is -0.490 e. The van der Waals surface area contributed by atoms with Crippen molar-refractivity contribution in [2.24, 2.45) is 5.10 Å². The summed E-state index contributed by atoms with van der Waals surface area (Å²) in [7, 11) is 0. The second kappa shape index (κ2) is 12.4. The summed E-state index contributed by atoms with van der Waals surface area (Å²) in [6.07, 6.45) is -3.23. The van der Waals surface area contributed by atoms with Crippen LogP contribution in [0.2, 0.25) is 5.02 Å². The maximum atomic E-state index is 13.2. The topological polar surface area (TPSA) is 92.8 Å². The summed E-state index contributed by atoms with van der Waals surface area (Å²) in [5.74, 6) is -1.31. The molecule has 2 N–H and O–H groups in total. The first-order valence-corrected chi connectivity index (χ1v) is 13.4. The summed E-state index contributed by atoms with van der Waals surface area (Å²) >= 11 is 6.38. The average molecular weight is 606 g/mol. The third-order valence-electron chi connectivity index (χ3n) is 6.35. The van der Waals surface area contributed by atoms with E-state index in [1.807, 2.05) is 36.4 Å². The average Bonchev–Trinajstić information content (AvgIpc) is 3.40. The van der Waals surface area contributed by atoms with Gasteiger partial charge in [-0.3, -0.25) is 4.79 Å². The van der Waals surface area contributed by atoms with Gasteiger partial charge in [-0.15, -0.1) is 0 Å². The van der Waals surface area contributed by atoms with Crippen molar-refractivity contribution in [1.29, 1.82) is 0 Å². The summed E-state index contributed by atoms with van der Waals surface area (Å²) in [6, 6.07) is 23.2. The molecule has 1 aromatic heterocycles. The highest BCUT2D eigenvalue weighted by atomic mass is 35.5. The van der Waals surface area contributed by atoms with Crippen LogP contribution in [0, 0.1) is 0 Å². The smallest absolute Gasteiger partial charge is 0.416 e. The number of fused-ring (bicyclic) bond motifs is 1. The van der Waals surface area contributed by atoms with Crippen molar-refractivity contribution in [3.63, 3.8) is 0 Å². The highest BCUT2D eigenvalue weighted by Gasteiger charge is 2.31. The number of alkyl halides is 3. The molecule has 5 aromatic rings. The second-order valence-electron chi connectivity index (χ2n) is 9.21. The number of hydrazone groups is 1. The zero-order chi connectivity index (χ0) is 30.6. The van der Waals surface area contributed by atoms with Crippen LogP contribution in [-0.4, -0.2) is 29.7 Å². The zero-order valence-corrected chi connectivity index (χ0v) is 23.3. The van der Waals surface area contributed by atoms with E-state index in [1.165, 1.54) is 24.4 Å². The van der Waals surface area contributed by atoms with Gasteiger partial charge in [-0.05, 0) is 60.5 Å². The number of hydrogen-bond donors (Lipinski definition) is 2. The van der Waals surface area contributed by atoms with Crippen LogP contribution in [0.3, 0.4) is 0 Å². The molecule has 5 rings (SSSR count). The van der Waals surface area contributed by atoms with Crippen molar-refractivity contribution >= 4 is 40.6 Å². The third kappa shape index (κ3) is 6.54. The van der Waals surface area contributed by atoms with E-state index in [0.717, 1.165) is 29.1 Å². The largest absolute Gasteiger partial charge is 0.490 e. The highest BCUT2D eigenvalue weighted by Crippen LogP contribution is 2.36. The zero-order valence-electron chi connectivity index (χ0n) is 22.5. The van der Waals surface area contributed by atoms with Crippen molar-refractivity contribution in [3.8, 4) is 22.6 Å². The predicted molar refractivity (Wildman–Crippen MR) is 158 cm³/mol. The number of nitrogens with zero attached hydrogens (tertiary/aromatic N) is 1. The Hall–Kier alpha value is -5.09. The van der Waals surface area contributed by atoms with Crippen molar-refractivity contribution in [3.05, 3.63) is 118 Å². The van der Waals surface area contributed by atoms with E-state index in [9.17, 15) is 22.8 Å². The Morgan fingerprint density at radius 3 is 2.47 bits per heavy atom. The van der Waals surface area contributed by atoms with E-state index < -0.39 is 23.6 Å². The number of aromatic nitrogens is 1. The van der Waals surface area contributed by atoms with Gasteiger partial charge in [-0.25, -0.2) is 10.2 Å². The molecule has 0 radical (unpaired) electrons. The van der Waals surface area contributed by atoms with E-state index in [1.54, 1.807) is 25.1 Å². The fraction of sp³-hybridized carbons (Fsp3) is 0.0938. The number of hydrogen-bond acceptors (Lipinski definition) is 5. The van der Waals surface area contributed by atoms with Crippen LogP contribution in [0.5, 0.6) is 11.5 Å². The molecule has 43 heavy (non-hydrogen) atoms. The van der Waals surface area contributed by atoms with Gasteiger partial charge in [-0.1, -0.05) is 60.1 Å². The van der Waals surface area contributed by atoms with Gasteiger partial charge in [0, 0.05) is 10.9 Å². The summed E-state index contributed by atoms with van der Waals surface area (Å²) in [4.78, 5) is 28.9. The van der Waals surface area contributed by atoms with E-state index in [-0.39, 0.29) is 29.4 Å². The molecule has 11 heteroatoms. The van der Waals surface area contributed by atoms with E-state index in [2.05, 4.69) is 15.5 Å². The van der Waals surface area contributed by atoms with Gasteiger partial charge < -0.3 is 14.5 Å². The van der Waals surface area contributed by atoms with Crippen molar-refractivity contribution in [2.75, 3.05) is 6.61 Å². The molecule has 0 aliphatic heterocycles. The second-order valence-corrected chi connectivity index (χ2v) is 9.62. The van der Waals surface area contributed by atoms with Gasteiger partial charge in [-0.2, -0.15) is 18.3 Å². The summed E-state index contributed by atoms with van der Waals surface area (Å²) in [6.45, 7) is 1.94. The summed E-state index contributed by atoms with van der Waals surface area (Å²) in [5.41, 5.74) is 4.17. The molecule has 4 aromatic carbocycles. The number of carbonyl (C=O) groups excluding carboxylic acids is 2. The first-order valence-electron chi connectivity index (χ1n) is 13.0. The fourth-order valence-corrected chi connectivity index (χ4v) is 4.64. The number of aromatic amines is 1. The predicted octanol–water partition coefficient (Wildman–Crippen LogP) is 7.89. The van der Waals surface area contributed by atoms with Crippen molar-refractivity contribution in [1.82, 2.24) is 10.4 Å². The van der Waals surface area contributed by atoms with Gasteiger partial charge in [0.2, 0.25) is 0 Å². The highest BCUT2D eigenvalue weighted by molar-refractivity contribution is 6.36. The molecule has 0 bridgehead atoms. The molecule has 0 unspecified atom stereocenters. The van der Waals surface area contributed by atoms with Crippen LogP contribution >= 0.6 is 11.6 Å². The molecule has 0 saturated heterocycles. The number of benzene rings is 4. The summed E-state index contributed by atoms with van der Waals surface area (Å²) in [5, 5.41) is 5.32. The van der Waals surface area contributed by atoms with Gasteiger partial charge in [0.05, 0.1) is 34.5 Å². The van der Waals surface area contributed by atoms with Crippen LogP contribution in [0.4, 0.5) is 13.2 Å². The number of amides is 1. The summed E-state index contributed by atoms with van der Waals surface area (Å²) < 4.78 is 50.1. The Labute approximate surface area is 248 Å². The molecule has 0 aliphatic carbocycles. The first kappa shape index (κ1) is 29.4. The Morgan fingerprint density at radius 2 is 1.72 bits per heavy atom. The number of esters is 1. The van der Waals surface area contributed by atoms with Crippen LogP contribution in [0.1, 0.15) is 38.9 Å². The molecule has 7 nitrogen and oxygen atoms in total. The van der Waals surface area contributed by atoms with Gasteiger partial charge >= 0.3 is 12.1 Å². The number of H-pyrrole nitrogens is 1. The molecule has 0 saturated carbocycles. The van der Waals surface area contributed by atoms with Crippen molar-refractivity contribution < 1.29 is 32.2 Å². The molecular weight excluding hydrogens is 583 g/mol. The lowest BCUT2D eigenvalue weighted by molar-refractivity contribution is -0.137. The van der Waals surface area contributed by atoms with Crippen LogP contribution in [0.25, 0.3) is 22.0 Å². The lowest BCUT2D eigenvalue weighted by Gasteiger charge is -2.12. The van der Waals surface area contributed by atoms with Crippen LogP contribution < -0.4 is 14.9 Å². The van der Waals surface area contributed by atoms with Gasteiger partial charge in [0.25, 0.3) is 5.91 Å². The van der Waals surface area contributed by atoms with Gasteiger partial charge in [0.1, 0.15) is 5.69 Å². The van der Waals surface area contributed by atoms with E-state index in [0.29, 0.717) is 21.7 Å². The lowest BCUT2D eigenvalue weighted by Crippen LogP contribution is -2.18. The fourth-order valence-electron chi connectivity index (χ4n) is 4.42. The quantitative estimate of drug-likeness (QED) is 0.0814. The normalized spacial score (nSPS) is 11.6. The number of ether oxygens (including phenoxy) is 2. The van der Waals surface area contributed by atoms with Gasteiger partial charge in [0.15, 0.2) is 11.5 Å². The monoisotopic (exact) mass is 605 g/mol. The Balaban J connectivity index is 1.35. The minimum absolute atomic E-state index is 0.00732. The maximum absolute atomic E-state index is 13.2. The van der Waals surface area contributed by atoms with Crippen LogP contribution in [0.15, 0.2) is 96.1 Å². The number of rotatable bonds is 8. The number of nitrogens with one attached hydrogen (secondary N) is 2. The number of carbonyl (C=O) groups is 2. The SMILES string of the molecule is CCOc1cc(C=NNC(=O)c2[nH]c3c(Cl)cccc3c2-c2ccccc2)ccc1OC(=O)c1cccc(C(F)(F)F)c1. The first-order chi connectivity index (χ1) is 20.7. The molecule has 1 heterocycles. The molecule has 0 spiro atoms. The molecule has 0 aliphatic rings. The van der Waals surface area contributed by atoms with E-state index >= 15 is 0 Å². The number of para-hydroxylation sites is 1. The molecule has 0 atom stereocenters. The minimum atomic E-state index is -4.60. The van der Waals surface area contributed by atoms with Crippen LogP contribution in [-0.2, 0) is 6.18 Å². The Bertz CT molecular complexity index is 1840. The molecular formula is C32H23ClF3N3O4. The van der Waals surface area contributed by atoms with Crippen molar-refractivity contribution in [2.45, 2.75) is 13.1 Å². The number of halogens is 4. The Morgan fingerprint density at radius 1 is 0.953 bits per heavy atom. The standard InChI is InChI=1S/C32H23ClF3N3O4/c1-2-42-26-16-19(14-15-25(26)43-31(41)21-10-6-11-22(17-21)32(34,35)36)18-37-39-30(40)29-27(20-8-4-3-5-9-20)23-12-7-13-24(33)28(23)38-29/h3-18,38H,2H2,1H3,(H,39,40). The molecule has 0 fully saturated rings. The maximum Gasteiger partial charge on any atom is 0.416 e. The van der Waals surface area contributed by atoms with E-state index in [4.69, 9.17) is 21.1 Å². The lowest BCUT2D eigenvalue weighted by atomic mass is 10.0.